The summed E-state index contributed by atoms with van der Waals surface area (Å²) in [7, 11) is -3.92. The minimum Gasteiger partial charge on any atom is -0.467 e. The number of sulfonamides is 1. The van der Waals surface area contributed by atoms with Crippen LogP contribution in [0.5, 0.6) is 0 Å². The first-order chi connectivity index (χ1) is 14.2. The summed E-state index contributed by atoms with van der Waals surface area (Å²) in [4.78, 5) is 24.3. The molecule has 2 aromatic carbocycles. The molecule has 0 spiro atoms. The molecule has 9 nitrogen and oxygen atoms in total. The number of amides is 3. The first-order valence-corrected chi connectivity index (χ1v) is 10.4. The van der Waals surface area contributed by atoms with Crippen molar-refractivity contribution in [1.29, 1.82) is 0 Å². The van der Waals surface area contributed by atoms with Gasteiger partial charge in [0.25, 0.3) is 5.91 Å². The summed E-state index contributed by atoms with van der Waals surface area (Å²) in [5.41, 5.74) is 1.80. The van der Waals surface area contributed by atoms with Crippen molar-refractivity contribution in [1.82, 2.24) is 5.32 Å². The zero-order valence-electron chi connectivity index (χ0n) is 16.0. The molecule has 0 fully saturated rings. The molecular formula is C20H20N4O5S. The molecule has 30 heavy (non-hydrogen) atoms. The van der Waals surface area contributed by atoms with Crippen LogP contribution in [-0.4, -0.2) is 20.4 Å². The highest BCUT2D eigenvalue weighted by molar-refractivity contribution is 7.89. The number of aryl methyl sites for hydroxylation is 1. The van der Waals surface area contributed by atoms with Gasteiger partial charge in [-0.15, -0.1) is 0 Å². The van der Waals surface area contributed by atoms with E-state index in [2.05, 4.69) is 16.0 Å². The van der Waals surface area contributed by atoms with E-state index < -0.39 is 22.0 Å². The summed E-state index contributed by atoms with van der Waals surface area (Å²) >= 11 is 0. The molecule has 5 N–H and O–H groups in total. The van der Waals surface area contributed by atoms with Crippen molar-refractivity contribution in [3.8, 4) is 0 Å². The van der Waals surface area contributed by atoms with E-state index in [-0.39, 0.29) is 17.0 Å². The van der Waals surface area contributed by atoms with Gasteiger partial charge in [-0.25, -0.2) is 18.4 Å². The Morgan fingerprint density at radius 3 is 2.27 bits per heavy atom. The van der Waals surface area contributed by atoms with Crippen LogP contribution in [0.1, 0.15) is 21.7 Å². The topological polar surface area (TPSA) is 144 Å². The Kier molecular flexibility index (Phi) is 6.19. The number of anilines is 2. The van der Waals surface area contributed by atoms with Crippen LogP contribution in [0.2, 0.25) is 0 Å². The zero-order valence-corrected chi connectivity index (χ0v) is 16.8. The van der Waals surface area contributed by atoms with E-state index in [1.54, 1.807) is 43.3 Å². The molecule has 0 atom stereocenters. The number of rotatable bonds is 6. The molecule has 0 aliphatic rings. The van der Waals surface area contributed by atoms with E-state index in [0.29, 0.717) is 22.7 Å². The Morgan fingerprint density at radius 1 is 1.00 bits per heavy atom. The molecule has 0 saturated carbocycles. The molecule has 3 aromatic rings. The summed E-state index contributed by atoms with van der Waals surface area (Å²) in [6.45, 7) is 1.94. The maximum atomic E-state index is 12.5. The summed E-state index contributed by atoms with van der Waals surface area (Å²) < 4.78 is 28.2. The Hall–Kier alpha value is -3.63. The smallest absolute Gasteiger partial charge is 0.319 e. The number of carbonyl (C=O) groups is 2. The molecule has 0 radical (unpaired) electrons. The number of nitrogens with one attached hydrogen (secondary N) is 3. The van der Waals surface area contributed by atoms with Gasteiger partial charge in [-0.3, -0.25) is 4.79 Å². The van der Waals surface area contributed by atoms with Crippen molar-refractivity contribution in [2.75, 3.05) is 10.6 Å². The van der Waals surface area contributed by atoms with E-state index >= 15 is 0 Å². The number of furan rings is 1. The highest BCUT2D eigenvalue weighted by Gasteiger charge is 2.15. The fourth-order valence-electron chi connectivity index (χ4n) is 2.61. The van der Waals surface area contributed by atoms with Gasteiger partial charge in [0.05, 0.1) is 17.7 Å². The first kappa shape index (κ1) is 21.1. The van der Waals surface area contributed by atoms with E-state index in [9.17, 15) is 18.0 Å². The average Bonchev–Trinajstić information content (AvgIpc) is 3.21. The summed E-state index contributed by atoms with van der Waals surface area (Å²) in [6.07, 6.45) is 1.52. The minimum absolute atomic E-state index is 0.140. The molecule has 1 heterocycles. The third-order valence-electron chi connectivity index (χ3n) is 4.19. The molecular weight excluding hydrogens is 408 g/mol. The van der Waals surface area contributed by atoms with Crippen LogP contribution < -0.4 is 21.1 Å². The predicted molar refractivity (Wildman–Crippen MR) is 112 cm³/mol. The van der Waals surface area contributed by atoms with Crippen LogP contribution in [0.4, 0.5) is 16.2 Å². The number of hydrogen-bond donors (Lipinski definition) is 4. The molecule has 0 bridgehead atoms. The van der Waals surface area contributed by atoms with E-state index in [0.717, 1.165) is 0 Å². The quantitative estimate of drug-likeness (QED) is 0.477. The van der Waals surface area contributed by atoms with Crippen molar-refractivity contribution >= 4 is 33.3 Å². The highest BCUT2D eigenvalue weighted by atomic mass is 32.2. The lowest BCUT2D eigenvalue weighted by Gasteiger charge is -2.10. The minimum atomic E-state index is -3.92. The van der Waals surface area contributed by atoms with Crippen LogP contribution >= 0.6 is 0 Å². The fraction of sp³-hybridized carbons (Fsp3) is 0.100. The van der Waals surface area contributed by atoms with Gasteiger partial charge in [-0.05, 0) is 61.0 Å². The third-order valence-corrected chi connectivity index (χ3v) is 5.10. The van der Waals surface area contributed by atoms with Crippen molar-refractivity contribution in [2.45, 2.75) is 18.4 Å². The number of carbonyl (C=O) groups excluding carboxylic acids is 2. The number of hydrogen-bond acceptors (Lipinski definition) is 5. The van der Waals surface area contributed by atoms with Crippen molar-refractivity contribution in [3.05, 3.63) is 77.7 Å². The van der Waals surface area contributed by atoms with Gasteiger partial charge >= 0.3 is 6.03 Å². The van der Waals surface area contributed by atoms with Crippen molar-refractivity contribution in [3.63, 3.8) is 0 Å². The molecule has 156 valence electrons. The molecule has 0 aliphatic carbocycles. The second kappa shape index (κ2) is 8.80. The van der Waals surface area contributed by atoms with Gasteiger partial charge in [0.15, 0.2) is 0 Å². The monoisotopic (exact) mass is 428 g/mol. The Balaban J connectivity index is 1.61. The standard InChI is InChI=1S/C20H20N4O5S/c1-13-4-9-17(30(21,27)28)11-18(13)19(25)23-14-5-7-15(8-6-14)24-20(26)22-12-16-3-2-10-29-16/h2-11H,12H2,1H3,(H,23,25)(H2,21,27,28)(H2,22,24,26). The normalized spacial score (nSPS) is 11.0. The van der Waals surface area contributed by atoms with Gasteiger partial charge in [-0.1, -0.05) is 6.07 Å². The molecule has 3 amide bonds. The van der Waals surface area contributed by atoms with Crippen LogP contribution in [0.3, 0.4) is 0 Å². The third kappa shape index (κ3) is 5.46. The summed E-state index contributed by atoms with van der Waals surface area (Å²) in [6, 6.07) is 13.6. The van der Waals surface area contributed by atoms with Crippen molar-refractivity contribution in [2.24, 2.45) is 5.14 Å². The molecule has 0 saturated heterocycles. The number of primary sulfonamides is 1. The summed E-state index contributed by atoms with van der Waals surface area (Å²) in [5.74, 6) is 0.153. The maximum Gasteiger partial charge on any atom is 0.319 e. The van der Waals surface area contributed by atoms with E-state index in [4.69, 9.17) is 9.56 Å². The van der Waals surface area contributed by atoms with Crippen LogP contribution in [0, 0.1) is 6.92 Å². The van der Waals surface area contributed by atoms with Gasteiger partial charge in [0, 0.05) is 16.9 Å². The highest BCUT2D eigenvalue weighted by Crippen LogP contribution is 2.18. The Bertz CT molecular complexity index is 1160. The van der Waals surface area contributed by atoms with Gasteiger partial charge in [0.2, 0.25) is 10.0 Å². The Labute approximate surface area is 173 Å². The Morgan fingerprint density at radius 2 is 1.67 bits per heavy atom. The lowest BCUT2D eigenvalue weighted by Crippen LogP contribution is -2.27. The van der Waals surface area contributed by atoms with E-state index in [1.807, 2.05) is 0 Å². The largest absolute Gasteiger partial charge is 0.467 e. The fourth-order valence-corrected chi connectivity index (χ4v) is 3.15. The molecule has 1 aromatic heterocycles. The average molecular weight is 428 g/mol. The number of nitrogens with two attached hydrogens (primary N) is 1. The van der Waals surface area contributed by atoms with E-state index in [1.165, 1.54) is 24.5 Å². The second-order valence-electron chi connectivity index (χ2n) is 6.44. The number of urea groups is 1. The zero-order chi connectivity index (χ0) is 21.7. The molecule has 3 rings (SSSR count). The van der Waals surface area contributed by atoms with Gasteiger partial charge < -0.3 is 20.4 Å². The SMILES string of the molecule is Cc1ccc(S(N)(=O)=O)cc1C(=O)Nc1ccc(NC(=O)NCc2ccco2)cc1. The van der Waals surface area contributed by atoms with Crippen LogP contribution in [0.25, 0.3) is 0 Å². The lowest BCUT2D eigenvalue weighted by atomic mass is 10.1. The van der Waals surface area contributed by atoms with Crippen LogP contribution in [0.15, 0.2) is 70.2 Å². The van der Waals surface area contributed by atoms with Gasteiger partial charge in [0.1, 0.15) is 5.76 Å². The summed E-state index contributed by atoms with van der Waals surface area (Å²) in [5, 5.41) is 13.1. The molecule has 10 heteroatoms. The van der Waals surface area contributed by atoms with Crippen LogP contribution in [-0.2, 0) is 16.6 Å². The number of benzene rings is 2. The molecule has 0 aliphatic heterocycles. The first-order valence-electron chi connectivity index (χ1n) is 8.84. The second-order valence-corrected chi connectivity index (χ2v) is 8.00. The predicted octanol–water partition coefficient (Wildman–Crippen LogP) is 2.81. The lowest BCUT2D eigenvalue weighted by molar-refractivity contribution is 0.102. The molecule has 0 unspecified atom stereocenters. The van der Waals surface area contributed by atoms with Crippen molar-refractivity contribution < 1.29 is 22.4 Å². The maximum absolute atomic E-state index is 12.5. The van der Waals surface area contributed by atoms with Gasteiger partial charge in [-0.2, -0.15) is 0 Å².